The van der Waals surface area contributed by atoms with Gasteiger partial charge in [0.05, 0.1) is 0 Å². The summed E-state index contributed by atoms with van der Waals surface area (Å²) in [5.74, 6) is 1.77. The van der Waals surface area contributed by atoms with Gasteiger partial charge in [0.1, 0.15) is 0 Å². The van der Waals surface area contributed by atoms with Crippen molar-refractivity contribution in [1.82, 2.24) is 0 Å². The van der Waals surface area contributed by atoms with Gasteiger partial charge in [0.15, 0.2) is 0 Å². The normalized spacial score (nSPS) is 32.4. The van der Waals surface area contributed by atoms with E-state index in [0.717, 1.165) is 18.4 Å². The molecule has 0 spiro atoms. The van der Waals surface area contributed by atoms with Crippen molar-refractivity contribution < 1.29 is 0 Å². The Morgan fingerprint density at radius 2 is 2.06 bits per heavy atom. The molecule has 1 aromatic carbocycles. The van der Waals surface area contributed by atoms with Crippen LogP contribution < -0.4 is 10.6 Å². The number of piperidine rings is 2. The number of benzene rings is 1. The third-order valence-electron chi connectivity index (χ3n) is 4.34. The van der Waals surface area contributed by atoms with Crippen molar-refractivity contribution in [3.63, 3.8) is 0 Å². The molecule has 0 amide bonds. The molecule has 0 aromatic heterocycles. The SMILES string of the molecule is Cc1ccccc1N1CC2CC(C2)C1CN. The summed E-state index contributed by atoms with van der Waals surface area (Å²) in [6.07, 6.45) is 2.81. The standard InChI is InChI=1S/C14H20N2/c1-10-4-2-3-5-13(10)16-9-11-6-12(7-11)14(16)8-15/h2-5,11-12,14H,6-9,15H2,1H3. The third kappa shape index (κ3) is 1.44. The fraction of sp³-hybridized carbons (Fsp3) is 0.571. The number of hydrogen-bond donors (Lipinski definition) is 1. The summed E-state index contributed by atoms with van der Waals surface area (Å²) in [5.41, 5.74) is 8.73. The Hall–Kier alpha value is -1.02. The fourth-order valence-corrected chi connectivity index (χ4v) is 3.40. The molecule has 3 aliphatic rings. The highest BCUT2D eigenvalue weighted by molar-refractivity contribution is 5.55. The van der Waals surface area contributed by atoms with E-state index in [1.54, 1.807) is 0 Å². The van der Waals surface area contributed by atoms with Gasteiger partial charge < -0.3 is 10.6 Å². The van der Waals surface area contributed by atoms with E-state index in [1.165, 1.54) is 30.6 Å². The molecule has 1 aromatic rings. The Kier molecular flexibility index (Phi) is 2.40. The number of nitrogens with two attached hydrogens (primary N) is 1. The summed E-state index contributed by atoms with van der Waals surface area (Å²) in [6.45, 7) is 4.21. The first-order valence-electron chi connectivity index (χ1n) is 6.32. The summed E-state index contributed by atoms with van der Waals surface area (Å²) in [6, 6.07) is 9.26. The number of anilines is 1. The van der Waals surface area contributed by atoms with E-state index >= 15 is 0 Å². The minimum Gasteiger partial charge on any atom is -0.367 e. The largest absolute Gasteiger partial charge is 0.367 e. The number of hydrogen-bond acceptors (Lipinski definition) is 2. The summed E-state index contributed by atoms with van der Waals surface area (Å²) in [5, 5.41) is 0. The molecule has 2 aliphatic heterocycles. The predicted octanol–water partition coefficient (Wildman–Crippen LogP) is 2.17. The number of aryl methyl sites for hydroxylation is 1. The molecule has 86 valence electrons. The molecule has 1 unspecified atom stereocenters. The molecule has 4 rings (SSSR count). The van der Waals surface area contributed by atoms with Crippen molar-refractivity contribution in [1.29, 1.82) is 0 Å². The van der Waals surface area contributed by atoms with E-state index in [1.807, 2.05) is 0 Å². The van der Waals surface area contributed by atoms with E-state index in [2.05, 4.69) is 36.1 Å². The molecule has 0 radical (unpaired) electrons. The van der Waals surface area contributed by atoms with Gasteiger partial charge in [-0.15, -0.1) is 0 Å². The lowest BCUT2D eigenvalue weighted by Gasteiger charge is -2.54. The van der Waals surface area contributed by atoms with Crippen molar-refractivity contribution in [3.8, 4) is 0 Å². The average molecular weight is 216 g/mol. The number of para-hydroxylation sites is 1. The first-order valence-corrected chi connectivity index (χ1v) is 6.32. The first kappa shape index (κ1) is 10.2. The van der Waals surface area contributed by atoms with E-state index < -0.39 is 0 Å². The monoisotopic (exact) mass is 216 g/mol. The molecule has 2 N–H and O–H groups in total. The fourth-order valence-electron chi connectivity index (χ4n) is 3.40. The van der Waals surface area contributed by atoms with Crippen LogP contribution in [0.15, 0.2) is 24.3 Å². The van der Waals surface area contributed by atoms with E-state index in [9.17, 15) is 0 Å². The minimum atomic E-state index is 0.575. The number of rotatable bonds is 2. The molecule has 2 heterocycles. The van der Waals surface area contributed by atoms with Crippen molar-refractivity contribution >= 4 is 5.69 Å². The van der Waals surface area contributed by atoms with Crippen molar-refractivity contribution in [2.24, 2.45) is 17.6 Å². The van der Waals surface area contributed by atoms with Gasteiger partial charge in [0, 0.05) is 24.8 Å². The summed E-state index contributed by atoms with van der Waals surface area (Å²) >= 11 is 0. The zero-order valence-electron chi connectivity index (χ0n) is 9.89. The van der Waals surface area contributed by atoms with Gasteiger partial charge in [-0.25, -0.2) is 0 Å². The van der Waals surface area contributed by atoms with Crippen LogP contribution in [-0.4, -0.2) is 19.1 Å². The second kappa shape index (κ2) is 3.77. The molecule has 2 saturated heterocycles. The molecule has 16 heavy (non-hydrogen) atoms. The molecule has 3 fully saturated rings. The van der Waals surface area contributed by atoms with Gasteiger partial charge in [-0.1, -0.05) is 18.2 Å². The van der Waals surface area contributed by atoms with Crippen molar-refractivity contribution in [2.75, 3.05) is 18.0 Å². The molecule has 2 heteroatoms. The summed E-state index contributed by atoms with van der Waals surface area (Å²) in [7, 11) is 0. The van der Waals surface area contributed by atoms with E-state index in [0.29, 0.717) is 6.04 Å². The maximum atomic E-state index is 5.95. The molecule has 1 atom stereocenters. The van der Waals surface area contributed by atoms with Crippen LogP contribution in [0.25, 0.3) is 0 Å². The van der Waals surface area contributed by atoms with Gasteiger partial charge >= 0.3 is 0 Å². The van der Waals surface area contributed by atoms with Crippen LogP contribution in [0.3, 0.4) is 0 Å². The zero-order valence-corrected chi connectivity index (χ0v) is 9.89. The topological polar surface area (TPSA) is 29.3 Å². The van der Waals surface area contributed by atoms with Gasteiger partial charge in [-0.2, -0.15) is 0 Å². The molecule has 1 saturated carbocycles. The summed E-state index contributed by atoms with van der Waals surface area (Å²) < 4.78 is 0. The lowest BCUT2D eigenvalue weighted by Crippen LogP contribution is -2.58. The molecule has 2 bridgehead atoms. The highest BCUT2D eigenvalue weighted by Crippen LogP contribution is 2.45. The van der Waals surface area contributed by atoms with Crippen LogP contribution in [0.2, 0.25) is 0 Å². The number of nitrogens with zero attached hydrogens (tertiary/aromatic N) is 1. The first-order chi connectivity index (χ1) is 7.79. The lowest BCUT2D eigenvalue weighted by atomic mass is 9.66. The van der Waals surface area contributed by atoms with Gasteiger partial charge in [-0.05, 0) is 43.2 Å². The molecule has 1 aliphatic carbocycles. The average Bonchev–Trinajstić information content (AvgIpc) is 2.27. The Morgan fingerprint density at radius 1 is 1.31 bits per heavy atom. The maximum Gasteiger partial charge on any atom is 0.0440 e. The Labute approximate surface area is 97.4 Å². The minimum absolute atomic E-state index is 0.575. The third-order valence-corrected chi connectivity index (χ3v) is 4.34. The van der Waals surface area contributed by atoms with Crippen molar-refractivity contribution in [3.05, 3.63) is 29.8 Å². The lowest BCUT2D eigenvalue weighted by molar-refractivity contribution is 0.114. The number of fused-ring (bicyclic) bond motifs is 2. The maximum absolute atomic E-state index is 5.95. The van der Waals surface area contributed by atoms with Gasteiger partial charge in [0.25, 0.3) is 0 Å². The predicted molar refractivity (Wildman–Crippen MR) is 67.6 cm³/mol. The van der Waals surface area contributed by atoms with Crippen molar-refractivity contribution in [2.45, 2.75) is 25.8 Å². The van der Waals surface area contributed by atoms with Crippen LogP contribution in [0.5, 0.6) is 0 Å². The van der Waals surface area contributed by atoms with Crippen LogP contribution >= 0.6 is 0 Å². The highest BCUT2D eigenvalue weighted by Gasteiger charge is 2.43. The van der Waals surface area contributed by atoms with Crippen LogP contribution in [0.1, 0.15) is 18.4 Å². The Bertz CT molecular complexity index is 382. The van der Waals surface area contributed by atoms with E-state index in [-0.39, 0.29) is 0 Å². The van der Waals surface area contributed by atoms with Gasteiger partial charge in [0.2, 0.25) is 0 Å². The summed E-state index contributed by atoms with van der Waals surface area (Å²) in [4.78, 5) is 2.55. The van der Waals surface area contributed by atoms with Crippen LogP contribution in [0, 0.1) is 18.8 Å². The Morgan fingerprint density at radius 3 is 2.75 bits per heavy atom. The zero-order chi connectivity index (χ0) is 11.1. The quantitative estimate of drug-likeness (QED) is 0.821. The second-order valence-electron chi connectivity index (χ2n) is 5.34. The highest BCUT2D eigenvalue weighted by atomic mass is 15.2. The van der Waals surface area contributed by atoms with Gasteiger partial charge in [-0.3, -0.25) is 0 Å². The molecular weight excluding hydrogens is 196 g/mol. The van der Waals surface area contributed by atoms with Crippen LogP contribution in [0.4, 0.5) is 5.69 Å². The molecule has 2 nitrogen and oxygen atoms in total. The molecular formula is C14H20N2. The second-order valence-corrected chi connectivity index (χ2v) is 5.34. The Balaban J connectivity index is 1.91. The van der Waals surface area contributed by atoms with Crippen LogP contribution in [-0.2, 0) is 0 Å². The van der Waals surface area contributed by atoms with E-state index in [4.69, 9.17) is 5.73 Å². The smallest absolute Gasteiger partial charge is 0.0440 e.